The molecule has 0 fully saturated rings. The molecule has 0 bridgehead atoms. The van der Waals surface area contributed by atoms with Gasteiger partial charge in [-0.1, -0.05) is 83.8 Å². The molecule has 3 aliphatic heterocycles. The van der Waals surface area contributed by atoms with Gasteiger partial charge < -0.3 is 4.57 Å². The standard InChI is InChI=1S/C38H20NPS4/c1-2-8-26-21(6-1)18-19-39(26)22-14-16-27-25(20-22)34-23(7-3-9-28(34)41-27)24-15-17-33-37-38(24)44-32-13-5-12-31-36(32)40(37)35-29(42-31)10-4-11-30(35)43-33/h1-20H. The summed E-state index contributed by atoms with van der Waals surface area (Å²) < 4.78 is 5.01. The van der Waals surface area contributed by atoms with Crippen molar-refractivity contribution >= 4 is 102 Å². The highest BCUT2D eigenvalue weighted by Crippen LogP contribution is 2.60. The van der Waals surface area contributed by atoms with Crippen LogP contribution >= 0.6 is 54.5 Å². The van der Waals surface area contributed by atoms with Gasteiger partial charge in [0.2, 0.25) is 0 Å². The van der Waals surface area contributed by atoms with Crippen LogP contribution in [0.3, 0.4) is 0 Å². The normalized spacial score (nSPS) is 15.7. The number of benzene rings is 6. The topological polar surface area (TPSA) is 4.93 Å². The molecule has 5 heterocycles. The molecule has 0 saturated carbocycles. The molecule has 0 saturated heterocycles. The lowest BCUT2D eigenvalue weighted by atomic mass is 9.99. The summed E-state index contributed by atoms with van der Waals surface area (Å²) in [5, 5.41) is 8.70. The molecule has 8 aromatic rings. The van der Waals surface area contributed by atoms with E-state index in [4.69, 9.17) is 0 Å². The van der Waals surface area contributed by atoms with Crippen LogP contribution in [-0.2, 0) is 0 Å². The van der Waals surface area contributed by atoms with Crippen molar-refractivity contribution in [2.24, 2.45) is 0 Å². The second-order valence-corrected chi connectivity index (χ2v) is 17.7. The van der Waals surface area contributed by atoms with Crippen molar-refractivity contribution < 1.29 is 0 Å². The largest absolute Gasteiger partial charge is 0.317 e. The molecule has 11 rings (SSSR count). The number of nitrogens with zero attached hydrogens (tertiary/aromatic N) is 1. The average molecular weight is 650 g/mol. The maximum atomic E-state index is 2.41. The van der Waals surface area contributed by atoms with Crippen LogP contribution in [0, 0.1) is 0 Å². The lowest BCUT2D eigenvalue weighted by Crippen LogP contribution is -2.35. The molecular weight excluding hydrogens is 630 g/mol. The minimum absolute atomic E-state index is 0.587. The summed E-state index contributed by atoms with van der Waals surface area (Å²) in [6, 6.07) is 43.4. The molecule has 0 N–H and O–H groups in total. The van der Waals surface area contributed by atoms with E-state index >= 15 is 0 Å². The van der Waals surface area contributed by atoms with Gasteiger partial charge in [-0.25, -0.2) is 0 Å². The van der Waals surface area contributed by atoms with Gasteiger partial charge in [-0.15, -0.1) is 11.3 Å². The number of fused-ring (bicyclic) bond motifs is 4. The van der Waals surface area contributed by atoms with E-state index in [1.807, 2.05) is 46.6 Å². The highest BCUT2D eigenvalue weighted by atomic mass is 32.2. The summed E-state index contributed by atoms with van der Waals surface area (Å²) >= 11 is 7.84. The van der Waals surface area contributed by atoms with Gasteiger partial charge in [0.05, 0.1) is 5.52 Å². The second kappa shape index (κ2) is 9.06. The Bertz CT molecular complexity index is 2520. The minimum atomic E-state index is -0.587. The van der Waals surface area contributed by atoms with Crippen molar-refractivity contribution in [2.75, 3.05) is 0 Å². The molecule has 0 aliphatic carbocycles. The molecule has 3 aliphatic rings. The van der Waals surface area contributed by atoms with Gasteiger partial charge >= 0.3 is 0 Å². The fourth-order valence-electron chi connectivity index (χ4n) is 7.12. The van der Waals surface area contributed by atoms with E-state index in [0.717, 1.165) is 0 Å². The Morgan fingerprint density at radius 1 is 0.523 bits per heavy atom. The third kappa shape index (κ3) is 3.29. The van der Waals surface area contributed by atoms with Crippen molar-refractivity contribution in [1.82, 2.24) is 4.57 Å². The van der Waals surface area contributed by atoms with E-state index in [9.17, 15) is 0 Å². The number of thiophene rings is 1. The van der Waals surface area contributed by atoms with E-state index in [-0.39, 0.29) is 0 Å². The highest BCUT2D eigenvalue weighted by molar-refractivity contribution is 8.07. The summed E-state index contributed by atoms with van der Waals surface area (Å²) in [5.74, 6) is 0. The third-order valence-corrected chi connectivity index (χ3v) is 17.2. The molecule has 1 unspecified atom stereocenters. The van der Waals surface area contributed by atoms with Crippen LogP contribution in [-0.4, -0.2) is 4.57 Å². The Morgan fingerprint density at radius 2 is 1.25 bits per heavy atom. The Balaban J connectivity index is 1.18. The second-order valence-electron chi connectivity index (χ2n) is 11.3. The SMILES string of the molecule is c1cc2c3c(c1)Sc1ccc(-c4cccc5sc6ccc(-n7ccc8ccccc87)cc6c45)c4c1P3c1c(cccc1S4)S2. The van der Waals surface area contributed by atoms with Crippen LogP contribution in [0.25, 0.3) is 47.9 Å². The first-order valence-corrected chi connectivity index (χ1v) is 19.2. The van der Waals surface area contributed by atoms with Crippen LogP contribution in [0.5, 0.6) is 0 Å². The maximum absolute atomic E-state index is 2.41. The first-order chi connectivity index (χ1) is 21.8. The van der Waals surface area contributed by atoms with E-state index in [1.165, 1.54) is 77.3 Å². The number of hydrogen-bond donors (Lipinski definition) is 0. The molecule has 44 heavy (non-hydrogen) atoms. The van der Waals surface area contributed by atoms with Gasteiger partial charge in [-0.3, -0.25) is 0 Å². The molecule has 0 radical (unpaired) electrons. The molecule has 0 spiro atoms. The average Bonchev–Trinajstić information content (AvgIpc) is 3.66. The third-order valence-electron chi connectivity index (χ3n) is 8.99. The van der Waals surface area contributed by atoms with E-state index in [2.05, 4.69) is 126 Å². The van der Waals surface area contributed by atoms with Crippen molar-refractivity contribution in [2.45, 2.75) is 29.4 Å². The number of hydrogen-bond acceptors (Lipinski definition) is 4. The smallest absolute Gasteiger partial charge is 0.0528 e. The Kier molecular flexibility index (Phi) is 5.11. The zero-order chi connectivity index (χ0) is 28.5. The van der Waals surface area contributed by atoms with Gasteiger partial charge in [-0.2, -0.15) is 0 Å². The first-order valence-electron chi connectivity index (χ1n) is 14.6. The lowest BCUT2D eigenvalue weighted by molar-refractivity contribution is 1.13. The van der Waals surface area contributed by atoms with Crippen molar-refractivity contribution in [3.8, 4) is 16.8 Å². The predicted octanol–water partition coefficient (Wildman–Crippen LogP) is 10.8. The van der Waals surface area contributed by atoms with Gasteiger partial charge in [0, 0.05) is 77.3 Å². The van der Waals surface area contributed by atoms with Crippen LogP contribution < -0.4 is 15.9 Å². The van der Waals surface area contributed by atoms with E-state index in [1.54, 1.807) is 15.9 Å². The molecule has 1 atom stereocenters. The Morgan fingerprint density at radius 3 is 2.07 bits per heavy atom. The maximum Gasteiger partial charge on any atom is 0.0528 e. The molecule has 6 aromatic carbocycles. The summed E-state index contributed by atoms with van der Waals surface area (Å²) in [6.07, 6.45) is 2.20. The first kappa shape index (κ1) is 24.8. The van der Waals surface area contributed by atoms with Gasteiger partial charge in [0.15, 0.2) is 0 Å². The van der Waals surface area contributed by atoms with Gasteiger partial charge in [-0.05, 0) is 91.2 Å². The zero-order valence-electron chi connectivity index (χ0n) is 23.1. The fraction of sp³-hybridized carbons (Fsp3) is 0. The Hall–Kier alpha value is -3.44. The molecule has 6 heteroatoms. The summed E-state index contributed by atoms with van der Waals surface area (Å²) in [6.45, 7) is 0. The van der Waals surface area contributed by atoms with Gasteiger partial charge in [0.25, 0.3) is 0 Å². The predicted molar refractivity (Wildman–Crippen MR) is 193 cm³/mol. The monoisotopic (exact) mass is 649 g/mol. The zero-order valence-corrected chi connectivity index (χ0v) is 27.2. The minimum Gasteiger partial charge on any atom is -0.317 e. The molecular formula is C38H20NPS4. The summed E-state index contributed by atoms with van der Waals surface area (Å²) in [7, 11) is -0.587. The van der Waals surface area contributed by atoms with Crippen molar-refractivity contribution in [3.05, 3.63) is 121 Å². The molecule has 1 nitrogen and oxygen atoms in total. The quantitative estimate of drug-likeness (QED) is 0.172. The van der Waals surface area contributed by atoms with Crippen molar-refractivity contribution in [3.63, 3.8) is 0 Å². The molecule has 206 valence electrons. The summed E-state index contributed by atoms with van der Waals surface area (Å²) in [5.41, 5.74) is 5.16. The lowest BCUT2D eigenvalue weighted by Gasteiger charge is -2.40. The Labute approximate surface area is 272 Å². The van der Waals surface area contributed by atoms with Crippen LogP contribution in [0.1, 0.15) is 0 Å². The molecule has 2 aromatic heterocycles. The number of rotatable bonds is 2. The molecule has 0 amide bonds. The fourth-order valence-corrected chi connectivity index (χ4v) is 16.3. The summed E-state index contributed by atoms with van der Waals surface area (Å²) in [4.78, 5) is 8.64. The van der Waals surface area contributed by atoms with Crippen molar-refractivity contribution in [1.29, 1.82) is 0 Å². The highest BCUT2D eigenvalue weighted by Gasteiger charge is 2.41. The van der Waals surface area contributed by atoms with E-state index in [0.29, 0.717) is 0 Å². The van der Waals surface area contributed by atoms with Crippen LogP contribution in [0.2, 0.25) is 0 Å². The van der Waals surface area contributed by atoms with Gasteiger partial charge in [0.1, 0.15) is 0 Å². The van der Waals surface area contributed by atoms with Crippen LogP contribution in [0.4, 0.5) is 0 Å². The van der Waals surface area contributed by atoms with Crippen LogP contribution in [0.15, 0.2) is 151 Å². The van der Waals surface area contributed by atoms with E-state index < -0.39 is 7.92 Å². The number of aromatic nitrogens is 1. The number of para-hydroxylation sites is 1.